The van der Waals surface area contributed by atoms with E-state index in [0.29, 0.717) is 6.54 Å². The van der Waals surface area contributed by atoms with E-state index >= 15 is 0 Å². The molecule has 3 heterocycles. The van der Waals surface area contributed by atoms with Crippen molar-refractivity contribution < 1.29 is 13.5 Å². The van der Waals surface area contributed by atoms with Crippen molar-refractivity contribution in [3.05, 3.63) is 65.5 Å². The highest BCUT2D eigenvalue weighted by Gasteiger charge is 2.20. The van der Waals surface area contributed by atoms with Gasteiger partial charge in [-0.25, -0.2) is 9.97 Å². The smallest absolute Gasteiger partial charge is 0.387 e. The highest BCUT2D eigenvalue weighted by atomic mass is 19.3. The fourth-order valence-corrected chi connectivity index (χ4v) is 3.24. The van der Waals surface area contributed by atoms with Crippen molar-refractivity contribution in [2.24, 2.45) is 0 Å². The number of para-hydroxylation sites is 1. The molecule has 0 amide bonds. The Morgan fingerprint density at radius 3 is 2.92 bits per heavy atom. The number of ether oxygens (including phenoxy) is 1. The second-order valence-electron chi connectivity index (χ2n) is 6.09. The van der Waals surface area contributed by atoms with Crippen LogP contribution in [-0.2, 0) is 19.5 Å². The number of hydrogen-bond donors (Lipinski definition) is 0. The van der Waals surface area contributed by atoms with E-state index in [0.717, 1.165) is 41.8 Å². The molecular weight excluding hydrogens is 324 g/mol. The van der Waals surface area contributed by atoms with Crippen LogP contribution < -0.4 is 4.74 Å². The minimum atomic E-state index is -2.81. The van der Waals surface area contributed by atoms with Gasteiger partial charge >= 0.3 is 6.61 Å². The molecule has 0 saturated heterocycles. The van der Waals surface area contributed by atoms with E-state index in [1.54, 1.807) is 18.3 Å². The van der Waals surface area contributed by atoms with Gasteiger partial charge in [-0.1, -0.05) is 18.2 Å². The van der Waals surface area contributed by atoms with Gasteiger partial charge in [-0.15, -0.1) is 0 Å². The van der Waals surface area contributed by atoms with Crippen molar-refractivity contribution in [1.82, 2.24) is 14.9 Å². The lowest BCUT2D eigenvalue weighted by atomic mass is 10.0. The predicted octanol–water partition coefficient (Wildman–Crippen LogP) is 3.79. The number of aromatic nitrogens is 2. The predicted molar refractivity (Wildman–Crippen MR) is 90.4 cm³/mol. The van der Waals surface area contributed by atoms with Crippen LogP contribution in [0.4, 0.5) is 8.78 Å². The number of halogens is 2. The molecule has 4 nitrogen and oxygen atoms in total. The van der Waals surface area contributed by atoms with Crippen molar-refractivity contribution in [2.75, 3.05) is 6.54 Å². The third-order valence-electron chi connectivity index (χ3n) is 4.40. The zero-order valence-electron chi connectivity index (χ0n) is 13.5. The Morgan fingerprint density at radius 1 is 1.16 bits per heavy atom. The van der Waals surface area contributed by atoms with Gasteiger partial charge < -0.3 is 4.74 Å². The molecule has 0 N–H and O–H groups in total. The fraction of sp³-hybridized carbons (Fsp3) is 0.263. The first-order chi connectivity index (χ1) is 12.2. The van der Waals surface area contributed by atoms with Gasteiger partial charge in [-0.3, -0.25) is 4.90 Å². The first-order valence-electron chi connectivity index (χ1n) is 8.17. The summed E-state index contributed by atoms with van der Waals surface area (Å²) in [5.74, 6) is 0.240. The molecule has 1 aliphatic heterocycles. The van der Waals surface area contributed by atoms with E-state index in [1.165, 1.54) is 5.56 Å². The molecule has 0 atom stereocenters. The third-order valence-corrected chi connectivity index (χ3v) is 4.40. The Hall–Kier alpha value is -2.60. The van der Waals surface area contributed by atoms with Gasteiger partial charge in [0.25, 0.3) is 0 Å². The first kappa shape index (κ1) is 15.9. The van der Waals surface area contributed by atoms with Crippen LogP contribution in [0.25, 0.3) is 11.0 Å². The lowest BCUT2D eigenvalue weighted by Gasteiger charge is -2.28. The zero-order chi connectivity index (χ0) is 17.2. The standard InChI is InChI=1S/C19H17F2N3O/c20-19(21)25-17-6-2-1-4-14(17)11-24-9-7-16-15(12-24)10-13-5-3-8-22-18(13)23-16/h1-6,8,10,19H,7,9,11-12H2. The number of hydrogen-bond acceptors (Lipinski definition) is 4. The van der Waals surface area contributed by atoms with Crippen molar-refractivity contribution in [2.45, 2.75) is 26.1 Å². The molecule has 6 heteroatoms. The summed E-state index contributed by atoms with van der Waals surface area (Å²) in [7, 11) is 0. The molecule has 0 spiro atoms. The van der Waals surface area contributed by atoms with E-state index in [2.05, 4.69) is 25.7 Å². The molecule has 1 aliphatic rings. The molecule has 0 saturated carbocycles. The zero-order valence-corrected chi connectivity index (χ0v) is 13.5. The summed E-state index contributed by atoms with van der Waals surface area (Å²) in [4.78, 5) is 11.2. The minimum absolute atomic E-state index is 0.240. The molecule has 4 rings (SSSR count). The van der Waals surface area contributed by atoms with Gasteiger partial charge in [0.05, 0.1) is 0 Å². The normalized spacial score (nSPS) is 14.7. The molecule has 2 aromatic heterocycles. The van der Waals surface area contributed by atoms with Crippen LogP contribution in [0, 0.1) is 0 Å². The van der Waals surface area contributed by atoms with Crippen LogP contribution in [0.5, 0.6) is 5.75 Å². The average Bonchev–Trinajstić information content (AvgIpc) is 2.61. The number of alkyl halides is 2. The van der Waals surface area contributed by atoms with Gasteiger partial charge in [-0.05, 0) is 29.8 Å². The van der Waals surface area contributed by atoms with Crippen LogP contribution in [0.2, 0.25) is 0 Å². The summed E-state index contributed by atoms with van der Waals surface area (Å²) in [5.41, 5.74) is 3.77. The minimum Gasteiger partial charge on any atom is -0.434 e. The number of pyridine rings is 2. The van der Waals surface area contributed by atoms with Gasteiger partial charge in [0.2, 0.25) is 0 Å². The lowest BCUT2D eigenvalue weighted by molar-refractivity contribution is -0.0508. The summed E-state index contributed by atoms with van der Waals surface area (Å²) in [5, 5.41) is 1.02. The van der Waals surface area contributed by atoms with Crippen LogP contribution in [0.1, 0.15) is 16.8 Å². The maximum Gasteiger partial charge on any atom is 0.387 e. The lowest BCUT2D eigenvalue weighted by Crippen LogP contribution is -2.31. The highest BCUT2D eigenvalue weighted by molar-refractivity contribution is 5.75. The Bertz CT molecular complexity index is 901. The summed E-state index contributed by atoms with van der Waals surface area (Å²) >= 11 is 0. The van der Waals surface area contributed by atoms with Gasteiger partial charge in [-0.2, -0.15) is 8.78 Å². The molecule has 1 aromatic carbocycles. The van der Waals surface area contributed by atoms with Crippen molar-refractivity contribution in [1.29, 1.82) is 0 Å². The van der Waals surface area contributed by atoms with Gasteiger partial charge in [0.15, 0.2) is 5.65 Å². The molecular formula is C19H17F2N3O. The summed E-state index contributed by atoms with van der Waals surface area (Å²) in [6.45, 7) is -0.698. The summed E-state index contributed by atoms with van der Waals surface area (Å²) in [6, 6.07) is 13.0. The SMILES string of the molecule is FC(F)Oc1ccccc1CN1CCc2nc3ncccc3cc2C1. The number of rotatable bonds is 4. The van der Waals surface area contributed by atoms with E-state index in [-0.39, 0.29) is 5.75 Å². The number of fused-ring (bicyclic) bond motifs is 2. The van der Waals surface area contributed by atoms with Crippen molar-refractivity contribution >= 4 is 11.0 Å². The molecule has 0 radical (unpaired) electrons. The summed E-state index contributed by atoms with van der Waals surface area (Å²) in [6.07, 6.45) is 2.57. The highest BCUT2D eigenvalue weighted by Crippen LogP contribution is 2.26. The molecule has 0 aliphatic carbocycles. The monoisotopic (exact) mass is 341 g/mol. The maximum atomic E-state index is 12.6. The van der Waals surface area contributed by atoms with E-state index < -0.39 is 6.61 Å². The molecule has 0 bridgehead atoms. The van der Waals surface area contributed by atoms with Gasteiger partial charge in [0.1, 0.15) is 5.75 Å². The van der Waals surface area contributed by atoms with E-state index in [4.69, 9.17) is 0 Å². The molecule has 3 aromatic rings. The second-order valence-corrected chi connectivity index (χ2v) is 6.09. The molecule has 0 unspecified atom stereocenters. The van der Waals surface area contributed by atoms with Crippen molar-refractivity contribution in [3.63, 3.8) is 0 Å². The molecule has 128 valence electrons. The quantitative estimate of drug-likeness (QED) is 0.724. The maximum absolute atomic E-state index is 12.6. The Morgan fingerprint density at radius 2 is 2.04 bits per heavy atom. The number of nitrogens with zero attached hydrogens (tertiary/aromatic N) is 3. The average molecular weight is 341 g/mol. The number of benzene rings is 1. The molecule has 25 heavy (non-hydrogen) atoms. The van der Waals surface area contributed by atoms with Crippen LogP contribution in [0.15, 0.2) is 48.7 Å². The van der Waals surface area contributed by atoms with E-state index in [9.17, 15) is 8.78 Å². The third kappa shape index (κ3) is 3.44. The summed E-state index contributed by atoms with van der Waals surface area (Å²) < 4.78 is 29.8. The van der Waals surface area contributed by atoms with Gasteiger partial charge in [0, 0.05) is 48.9 Å². The Kier molecular flexibility index (Phi) is 4.28. The largest absolute Gasteiger partial charge is 0.434 e. The van der Waals surface area contributed by atoms with Crippen LogP contribution in [-0.4, -0.2) is 28.0 Å². The topological polar surface area (TPSA) is 38.2 Å². The van der Waals surface area contributed by atoms with Crippen molar-refractivity contribution in [3.8, 4) is 5.75 Å². The fourth-order valence-electron chi connectivity index (χ4n) is 3.24. The van der Waals surface area contributed by atoms with E-state index in [1.807, 2.05) is 24.3 Å². The van der Waals surface area contributed by atoms with Crippen LogP contribution >= 0.6 is 0 Å². The Labute approximate surface area is 144 Å². The van der Waals surface area contributed by atoms with Crippen LogP contribution in [0.3, 0.4) is 0 Å². The second kappa shape index (κ2) is 6.72. The molecule has 0 fully saturated rings. The first-order valence-corrected chi connectivity index (χ1v) is 8.17. The Balaban J connectivity index is 1.56.